The molecule has 0 radical (unpaired) electrons. The summed E-state index contributed by atoms with van der Waals surface area (Å²) in [5, 5.41) is 10.6. The van der Waals surface area contributed by atoms with Crippen LogP contribution < -0.4 is 0 Å². The molecule has 20 heavy (non-hydrogen) atoms. The molecule has 2 aromatic heterocycles. The quantitative estimate of drug-likeness (QED) is 0.800. The molecule has 0 atom stereocenters. The molecule has 1 N–H and O–H groups in total. The fraction of sp³-hybridized carbons (Fsp3) is 0.0769. The zero-order valence-corrected chi connectivity index (χ0v) is 12.0. The fourth-order valence-electron chi connectivity index (χ4n) is 1.79. The number of hydrogen-bond acceptors (Lipinski definition) is 6. The molecule has 7 heteroatoms. The second-order valence-corrected chi connectivity index (χ2v) is 6.06. The summed E-state index contributed by atoms with van der Waals surface area (Å²) in [6.45, 7) is 1.82. The SMILES string of the molecule is Cc1nsc(Sc2cc(C(=O)O)c3ccccc3n2)n1. The van der Waals surface area contributed by atoms with E-state index >= 15 is 0 Å². The van der Waals surface area contributed by atoms with Crippen LogP contribution in [0.5, 0.6) is 0 Å². The number of pyridine rings is 1. The Bertz CT molecular complexity index is 801. The second kappa shape index (κ2) is 5.18. The standard InChI is InChI=1S/C13H9N3O2S2/c1-7-14-13(20-16-7)19-11-6-9(12(17)18)8-4-2-3-5-10(8)15-11/h2-6H,1H3,(H,17,18). The lowest BCUT2D eigenvalue weighted by atomic mass is 10.1. The summed E-state index contributed by atoms with van der Waals surface area (Å²) in [6.07, 6.45) is 0. The van der Waals surface area contributed by atoms with Gasteiger partial charge in [-0.15, -0.1) is 0 Å². The third kappa shape index (κ3) is 2.50. The molecule has 0 fully saturated rings. The topological polar surface area (TPSA) is 76.0 Å². The van der Waals surface area contributed by atoms with Crippen molar-refractivity contribution in [2.75, 3.05) is 0 Å². The van der Waals surface area contributed by atoms with Gasteiger partial charge in [-0.3, -0.25) is 0 Å². The minimum absolute atomic E-state index is 0.249. The van der Waals surface area contributed by atoms with E-state index in [9.17, 15) is 9.90 Å². The van der Waals surface area contributed by atoms with Crippen LogP contribution in [0.15, 0.2) is 39.7 Å². The maximum absolute atomic E-state index is 11.4. The average Bonchev–Trinajstić information content (AvgIpc) is 2.83. The largest absolute Gasteiger partial charge is 0.478 e. The van der Waals surface area contributed by atoms with Crippen molar-refractivity contribution in [2.24, 2.45) is 0 Å². The van der Waals surface area contributed by atoms with Gasteiger partial charge in [-0.2, -0.15) is 4.37 Å². The number of carbonyl (C=O) groups is 1. The van der Waals surface area contributed by atoms with Crippen molar-refractivity contribution in [2.45, 2.75) is 16.3 Å². The zero-order valence-electron chi connectivity index (χ0n) is 10.4. The molecule has 3 aromatic rings. The van der Waals surface area contributed by atoms with E-state index in [1.165, 1.54) is 23.3 Å². The number of aromatic nitrogens is 3. The Hall–Kier alpha value is -1.99. The molecule has 0 bridgehead atoms. The predicted molar refractivity (Wildman–Crippen MR) is 77.5 cm³/mol. The van der Waals surface area contributed by atoms with Crippen LogP contribution in [-0.4, -0.2) is 25.4 Å². The number of rotatable bonds is 3. The maximum Gasteiger partial charge on any atom is 0.336 e. The van der Waals surface area contributed by atoms with Crippen molar-refractivity contribution in [3.63, 3.8) is 0 Å². The molecule has 5 nitrogen and oxygen atoms in total. The highest BCUT2D eigenvalue weighted by Crippen LogP contribution is 2.30. The van der Waals surface area contributed by atoms with E-state index in [0.29, 0.717) is 21.8 Å². The van der Waals surface area contributed by atoms with Crippen LogP contribution in [-0.2, 0) is 0 Å². The minimum Gasteiger partial charge on any atom is -0.478 e. The molecular formula is C13H9N3O2S2. The summed E-state index contributed by atoms with van der Waals surface area (Å²) in [4.78, 5) is 20.1. The molecule has 0 aliphatic heterocycles. The lowest BCUT2D eigenvalue weighted by Crippen LogP contribution is -1.99. The van der Waals surface area contributed by atoms with Gasteiger partial charge < -0.3 is 5.11 Å². The first-order valence-corrected chi connectivity index (χ1v) is 7.34. The van der Waals surface area contributed by atoms with Crippen LogP contribution in [0.1, 0.15) is 16.2 Å². The summed E-state index contributed by atoms with van der Waals surface area (Å²) < 4.78 is 4.85. The molecule has 0 saturated carbocycles. The van der Waals surface area contributed by atoms with E-state index in [-0.39, 0.29) is 5.56 Å². The Labute approximate surface area is 122 Å². The summed E-state index contributed by atoms with van der Waals surface area (Å²) in [5.41, 5.74) is 0.912. The van der Waals surface area contributed by atoms with Crippen molar-refractivity contribution < 1.29 is 9.90 Å². The van der Waals surface area contributed by atoms with Crippen LogP contribution in [0.2, 0.25) is 0 Å². The van der Waals surface area contributed by atoms with Gasteiger partial charge in [-0.25, -0.2) is 14.8 Å². The van der Waals surface area contributed by atoms with Crippen LogP contribution in [0.4, 0.5) is 0 Å². The molecule has 1 aromatic carbocycles. The van der Waals surface area contributed by atoms with Crippen LogP contribution in [0.25, 0.3) is 10.9 Å². The van der Waals surface area contributed by atoms with E-state index in [2.05, 4.69) is 14.3 Å². The lowest BCUT2D eigenvalue weighted by molar-refractivity contribution is 0.0698. The number of aryl methyl sites for hydroxylation is 1. The Morgan fingerprint density at radius 2 is 2.10 bits per heavy atom. The van der Waals surface area contributed by atoms with Crippen molar-refractivity contribution >= 4 is 40.2 Å². The molecule has 0 saturated heterocycles. The number of fused-ring (bicyclic) bond motifs is 1. The van der Waals surface area contributed by atoms with E-state index in [4.69, 9.17) is 0 Å². The molecule has 0 spiro atoms. The molecule has 0 amide bonds. The molecule has 0 aliphatic rings. The van der Waals surface area contributed by atoms with Crippen LogP contribution in [0.3, 0.4) is 0 Å². The number of carboxylic acid groups (broad SMARTS) is 1. The van der Waals surface area contributed by atoms with Gasteiger partial charge in [0.15, 0.2) is 4.34 Å². The fourth-order valence-corrected chi connectivity index (χ4v) is 3.41. The molecule has 0 aliphatic carbocycles. The van der Waals surface area contributed by atoms with Crippen molar-refractivity contribution in [3.8, 4) is 0 Å². The van der Waals surface area contributed by atoms with Crippen LogP contribution in [0, 0.1) is 6.92 Å². The van der Waals surface area contributed by atoms with E-state index in [1.807, 2.05) is 13.0 Å². The van der Waals surface area contributed by atoms with Gasteiger partial charge in [0, 0.05) is 5.39 Å². The van der Waals surface area contributed by atoms with Crippen molar-refractivity contribution in [1.82, 2.24) is 14.3 Å². The lowest BCUT2D eigenvalue weighted by Gasteiger charge is -2.04. The first-order valence-electron chi connectivity index (χ1n) is 5.75. The Morgan fingerprint density at radius 1 is 1.30 bits per heavy atom. The smallest absolute Gasteiger partial charge is 0.336 e. The van der Waals surface area contributed by atoms with Gasteiger partial charge in [-0.1, -0.05) is 18.2 Å². The van der Waals surface area contributed by atoms with E-state index in [0.717, 1.165) is 4.34 Å². The summed E-state index contributed by atoms with van der Waals surface area (Å²) in [5.74, 6) is -0.254. The number of aromatic carboxylic acids is 1. The van der Waals surface area contributed by atoms with Gasteiger partial charge in [0.1, 0.15) is 10.9 Å². The number of carboxylic acids is 1. The molecule has 0 unspecified atom stereocenters. The molecule has 100 valence electrons. The molecular weight excluding hydrogens is 294 g/mol. The monoisotopic (exact) mass is 303 g/mol. The third-order valence-electron chi connectivity index (χ3n) is 2.62. The van der Waals surface area contributed by atoms with Crippen molar-refractivity contribution in [3.05, 3.63) is 41.7 Å². The van der Waals surface area contributed by atoms with Gasteiger partial charge >= 0.3 is 5.97 Å². The highest BCUT2D eigenvalue weighted by molar-refractivity contribution is 8.00. The first kappa shape index (κ1) is 13.0. The minimum atomic E-state index is -0.959. The summed E-state index contributed by atoms with van der Waals surface area (Å²) >= 11 is 2.60. The Morgan fingerprint density at radius 3 is 2.80 bits per heavy atom. The highest BCUT2D eigenvalue weighted by atomic mass is 32.2. The number of para-hydroxylation sites is 1. The summed E-state index contributed by atoms with van der Waals surface area (Å²) in [7, 11) is 0. The maximum atomic E-state index is 11.4. The van der Waals surface area contributed by atoms with Gasteiger partial charge in [-0.05, 0) is 42.4 Å². The van der Waals surface area contributed by atoms with Crippen molar-refractivity contribution in [1.29, 1.82) is 0 Å². The second-order valence-electron chi connectivity index (χ2n) is 4.04. The predicted octanol–water partition coefficient (Wildman–Crippen LogP) is 3.24. The van der Waals surface area contributed by atoms with Crippen LogP contribution >= 0.6 is 23.3 Å². The zero-order chi connectivity index (χ0) is 14.1. The average molecular weight is 303 g/mol. The van der Waals surface area contributed by atoms with Gasteiger partial charge in [0.2, 0.25) is 0 Å². The number of benzene rings is 1. The molecule has 2 heterocycles. The first-order chi connectivity index (χ1) is 9.63. The highest BCUT2D eigenvalue weighted by Gasteiger charge is 2.13. The number of nitrogens with zero attached hydrogens (tertiary/aromatic N) is 3. The third-order valence-corrected chi connectivity index (χ3v) is 4.38. The normalized spacial score (nSPS) is 10.8. The number of hydrogen-bond donors (Lipinski definition) is 1. The van der Waals surface area contributed by atoms with E-state index < -0.39 is 5.97 Å². The van der Waals surface area contributed by atoms with Gasteiger partial charge in [0.25, 0.3) is 0 Å². The molecule has 3 rings (SSSR count). The van der Waals surface area contributed by atoms with E-state index in [1.54, 1.807) is 24.3 Å². The summed E-state index contributed by atoms with van der Waals surface area (Å²) in [6, 6.07) is 8.78. The Balaban J connectivity index is 2.10. The van der Waals surface area contributed by atoms with Gasteiger partial charge in [0.05, 0.1) is 11.1 Å². The Kier molecular flexibility index (Phi) is 3.37.